The first-order valence-electron chi connectivity index (χ1n) is 3.78. The molecule has 2 heterocycles. The number of pyridine rings is 1. The molecule has 0 atom stereocenters. The normalized spacial score (nSPS) is 10.5. The highest BCUT2D eigenvalue weighted by Gasteiger charge is 2.04. The van der Waals surface area contributed by atoms with Gasteiger partial charge in [0, 0.05) is 11.8 Å². The van der Waals surface area contributed by atoms with Gasteiger partial charge in [-0.1, -0.05) is 11.5 Å². The summed E-state index contributed by atoms with van der Waals surface area (Å²) in [5, 5.41) is 7.71. The lowest BCUT2D eigenvalue weighted by atomic mass is 9.96. The van der Waals surface area contributed by atoms with E-state index in [2.05, 4.69) is 10.2 Å². The quantitative estimate of drug-likeness (QED) is 0.435. The maximum absolute atomic E-state index is 10.5. The molecule has 13 heavy (non-hydrogen) atoms. The second kappa shape index (κ2) is 2.69. The fourth-order valence-corrected chi connectivity index (χ4v) is 1.22. The van der Waals surface area contributed by atoms with Gasteiger partial charge in [0.2, 0.25) is 0 Å². The van der Waals surface area contributed by atoms with E-state index in [0.29, 0.717) is 22.5 Å². The van der Waals surface area contributed by atoms with Gasteiger partial charge in [0.05, 0.1) is 0 Å². The molecule has 2 aromatic heterocycles. The van der Waals surface area contributed by atoms with E-state index in [0.717, 1.165) is 6.29 Å². The second-order valence-electron chi connectivity index (χ2n) is 2.79. The molecule has 0 unspecified atom stereocenters. The Bertz CT molecular complexity index is 477. The van der Waals surface area contributed by atoms with Crippen molar-refractivity contribution >= 4 is 25.2 Å². The van der Waals surface area contributed by atoms with Crippen LogP contribution in [0, 0.1) is 6.92 Å². The number of fused-ring (bicyclic) bond motifs is 1. The number of carbonyl (C=O) groups is 1. The predicted molar refractivity (Wildman–Crippen MR) is 48.5 cm³/mol. The van der Waals surface area contributed by atoms with Crippen LogP contribution in [0.1, 0.15) is 16.2 Å². The molecular formula is C8H6BN3O. The third kappa shape index (κ3) is 1.12. The summed E-state index contributed by atoms with van der Waals surface area (Å²) in [5.74, 6) is 0.713. The van der Waals surface area contributed by atoms with E-state index in [1.54, 1.807) is 23.6 Å². The Balaban J connectivity index is 2.87. The van der Waals surface area contributed by atoms with E-state index < -0.39 is 0 Å². The third-order valence-corrected chi connectivity index (χ3v) is 1.86. The van der Waals surface area contributed by atoms with Gasteiger partial charge in [-0.05, 0) is 6.92 Å². The lowest BCUT2D eigenvalue weighted by Crippen LogP contribution is -2.09. The average molecular weight is 171 g/mol. The van der Waals surface area contributed by atoms with Crippen molar-refractivity contribution < 1.29 is 4.79 Å². The summed E-state index contributed by atoms with van der Waals surface area (Å²) >= 11 is 0. The molecule has 0 amide bonds. The summed E-state index contributed by atoms with van der Waals surface area (Å²) in [5.41, 5.74) is 1.57. The number of aryl methyl sites for hydroxylation is 1. The second-order valence-corrected chi connectivity index (χ2v) is 2.79. The number of aromatic nitrogens is 3. The first kappa shape index (κ1) is 7.98. The van der Waals surface area contributed by atoms with E-state index in [-0.39, 0.29) is 0 Å². The van der Waals surface area contributed by atoms with Crippen LogP contribution in [0.4, 0.5) is 0 Å². The van der Waals surface area contributed by atoms with Crippen LogP contribution in [-0.2, 0) is 0 Å². The number of carbonyl (C=O) groups excluding carboxylic acids is 1. The molecule has 2 radical (unpaired) electrons. The largest absolute Gasteiger partial charge is 0.298 e. The van der Waals surface area contributed by atoms with Crippen LogP contribution in [0.25, 0.3) is 5.65 Å². The van der Waals surface area contributed by atoms with Gasteiger partial charge >= 0.3 is 0 Å². The van der Waals surface area contributed by atoms with E-state index in [1.165, 1.54) is 0 Å². The third-order valence-electron chi connectivity index (χ3n) is 1.86. The summed E-state index contributed by atoms with van der Waals surface area (Å²) in [6.45, 7) is 1.80. The standard InChI is InChI=1S/C8H6BN3O/c1-5-10-11-8-7(9)2-6(4-13)3-12(5)8/h2-4H,1H3. The molecule has 0 saturated carbocycles. The van der Waals surface area contributed by atoms with Gasteiger partial charge in [0.15, 0.2) is 11.9 Å². The van der Waals surface area contributed by atoms with Crippen LogP contribution in [0.15, 0.2) is 12.3 Å². The monoisotopic (exact) mass is 171 g/mol. The zero-order chi connectivity index (χ0) is 9.42. The molecule has 0 aliphatic rings. The van der Waals surface area contributed by atoms with E-state index in [1.807, 2.05) is 0 Å². The Labute approximate surface area is 76.0 Å². The van der Waals surface area contributed by atoms with Crippen LogP contribution in [0.5, 0.6) is 0 Å². The molecule has 0 bridgehead atoms. The highest BCUT2D eigenvalue weighted by molar-refractivity contribution is 6.36. The summed E-state index contributed by atoms with van der Waals surface area (Å²) < 4.78 is 1.69. The zero-order valence-corrected chi connectivity index (χ0v) is 7.06. The van der Waals surface area contributed by atoms with Gasteiger partial charge < -0.3 is 0 Å². The van der Waals surface area contributed by atoms with E-state index >= 15 is 0 Å². The smallest absolute Gasteiger partial charge is 0.153 e. The van der Waals surface area contributed by atoms with Crippen molar-refractivity contribution in [1.29, 1.82) is 0 Å². The Morgan fingerprint density at radius 3 is 3.00 bits per heavy atom. The molecule has 4 nitrogen and oxygen atoms in total. The number of hydrogen-bond acceptors (Lipinski definition) is 3. The molecule has 2 aromatic rings. The minimum atomic E-state index is 0.463. The number of hydrogen-bond donors (Lipinski definition) is 0. The molecule has 0 spiro atoms. The SMILES string of the molecule is [B]c1cc(C=O)cn2c(C)nnc12. The number of rotatable bonds is 1. The first-order valence-corrected chi connectivity index (χ1v) is 3.78. The lowest BCUT2D eigenvalue weighted by Gasteiger charge is -1.99. The van der Waals surface area contributed by atoms with E-state index in [4.69, 9.17) is 7.85 Å². The molecule has 5 heteroatoms. The minimum absolute atomic E-state index is 0.463. The Morgan fingerprint density at radius 2 is 2.31 bits per heavy atom. The van der Waals surface area contributed by atoms with Crippen LogP contribution in [0.3, 0.4) is 0 Å². The highest BCUT2D eigenvalue weighted by Crippen LogP contribution is 2.01. The van der Waals surface area contributed by atoms with Crippen LogP contribution >= 0.6 is 0 Å². The highest BCUT2D eigenvalue weighted by atomic mass is 16.1. The van der Waals surface area contributed by atoms with Crippen molar-refractivity contribution in [2.75, 3.05) is 0 Å². The van der Waals surface area contributed by atoms with Crippen molar-refractivity contribution in [2.45, 2.75) is 6.92 Å². The van der Waals surface area contributed by atoms with Gasteiger partial charge in [0.25, 0.3) is 0 Å². The van der Waals surface area contributed by atoms with Crippen molar-refractivity contribution in [1.82, 2.24) is 14.6 Å². The average Bonchev–Trinajstić information content (AvgIpc) is 2.48. The maximum Gasteiger partial charge on any atom is 0.153 e. The number of aldehydes is 1. The Hall–Kier alpha value is -1.65. The van der Waals surface area contributed by atoms with Crippen molar-refractivity contribution in [3.05, 3.63) is 23.7 Å². The lowest BCUT2D eigenvalue weighted by molar-refractivity contribution is 0.112. The van der Waals surface area contributed by atoms with Gasteiger partial charge in [-0.2, -0.15) is 0 Å². The van der Waals surface area contributed by atoms with Crippen molar-refractivity contribution in [2.24, 2.45) is 0 Å². The molecule has 0 aliphatic carbocycles. The molecule has 0 aromatic carbocycles. The zero-order valence-electron chi connectivity index (χ0n) is 7.06. The molecule has 0 fully saturated rings. The summed E-state index contributed by atoms with van der Waals surface area (Å²) in [6.07, 6.45) is 2.41. The van der Waals surface area contributed by atoms with Crippen LogP contribution in [-0.4, -0.2) is 28.7 Å². The van der Waals surface area contributed by atoms with Gasteiger partial charge in [-0.25, -0.2) is 0 Å². The predicted octanol–water partition coefficient (Wildman–Crippen LogP) is -0.356. The molecule has 2 rings (SSSR count). The van der Waals surface area contributed by atoms with Gasteiger partial charge in [-0.15, -0.1) is 10.2 Å². The molecule has 0 aliphatic heterocycles. The fourth-order valence-electron chi connectivity index (χ4n) is 1.22. The Morgan fingerprint density at radius 1 is 1.54 bits per heavy atom. The fraction of sp³-hybridized carbons (Fsp3) is 0.125. The van der Waals surface area contributed by atoms with Gasteiger partial charge in [-0.3, -0.25) is 9.20 Å². The Kier molecular flexibility index (Phi) is 1.65. The molecular weight excluding hydrogens is 165 g/mol. The minimum Gasteiger partial charge on any atom is -0.298 e. The molecule has 62 valence electrons. The summed E-state index contributed by atoms with van der Waals surface area (Å²) in [6, 6.07) is 1.58. The topological polar surface area (TPSA) is 47.3 Å². The van der Waals surface area contributed by atoms with Crippen LogP contribution in [0.2, 0.25) is 0 Å². The number of nitrogens with zero attached hydrogens (tertiary/aromatic N) is 3. The molecule has 0 saturated heterocycles. The summed E-state index contributed by atoms with van der Waals surface area (Å²) in [4.78, 5) is 10.5. The maximum atomic E-state index is 10.5. The van der Waals surface area contributed by atoms with Gasteiger partial charge in [0.1, 0.15) is 13.7 Å². The first-order chi connectivity index (χ1) is 6.22. The molecule has 0 N–H and O–H groups in total. The van der Waals surface area contributed by atoms with Crippen molar-refractivity contribution in [3.8, 4) is 0 Å². The summed E-state index contributed by atoms with van der Waals surface area (Å²) in [7, 11) is 5.66. The van der Waals surface area contributed by atoms with Crippen LogP contribution < -0.4 is 5.46 Å². The van der Waals surface area contributed by atoms with Crippen molar-refractivity contribution in [3.63, 3.8) is 0 Å². The van der Waals surface area contributed by atoms with E-state index in [9.17, 15) is 4.79 Å².